The zero-order chi connectivity index (χ0) is 50.5. The first-order chi connectivity index (χ1) is 33.4. The van der Waals surface area contributed by atoms with E-state index in [2.05, 4.69) is 25.8 Å². The Hall–Kier alpha value is -7.14. The molecule has 0 radical (unpaired) electrons. The molecule has 2 amide bonds. The zero-order valence-electron chi connectivity index (χ0n) is 41.2. The summed E-state index contributed by atoms with van der Waals surface area (Å²) in [7, 11) is 0. The van der Waals surface area contributed by atoms with Crippen LogP contribution in [-0.2, 0) is 41.6 Å². The highest BCUT2D eigenvalue weighted by molar-refractivity contribution is 5.98. The van der Waals surface area contributed by atoms with Crippen molar-refractivity contribution in [3.8, 4) is 11.5 Å². The van der Waals surface area contributed by atoms with E-state index in [9.17, 15) is 19.2 Å². The normalized spacial score (nSPS) is 14.7. The van der Waals surface area contributed by atoms with Gasteiger partial charge in [0.25, 0.3) is 0 Å². The highest BCUT2D eigenvalue weighted by atomic mass is 16.7. The molecule has 6 N–H and O–H groups in total. The van der Waals surface area contributed by atoms with Gasteiger partial charge >= 0.3 is 24.1 Å². The molecule has 0 spiro atoms. The molecule has 0 saturated carbocycles. The van der Waals surface area contributed by atoms with Gasteiger partial charge in [-0.1, -0.05) is 71.0 Å². The Bertz CT molecular complexity index is 2160. The van der Waals surface area contributed by atoms with Crippen molar-refractivity contribution in [2.24, 2.45) is 27.7 Å². The van der Waals surface area contributed by atoms with Crippen molar-refractivity contribution in [3.05, 3.63) is 131 Å². The number of hydrogen-bond acceptors (Lipinski definition) is 13. The minimum absolute atomic E-state index is 0.000230. The second kappa shape index (κ2) is 26.6. The van der Waals surface area contributed by atoms with Crippen LogP contribution in [0.3, 0.4) is 0 Å². The predicted molar refractivity (Wildman–Crippen MR) is 267 cm³/mol. The summed E-state index contributed by atoms with van der Waals surface area (Å²) >= 11 is 0. The topological polar surface area (TPSA) is 228 Å². The van der Waals surface area contributed by atoms with Crippen molar-refractivity contribution in [1.29, 1.82) is 0 Å². The second-order valence-electron chi connectivity index (χ2n) is 19.1. The highest BCUT2D eigenvalue weighted by Crippen LogP contribution is 2.23. The number of rotatable bonds is 22. The molecule has 0 aliphatic carbocycles. The number of likely N-dealkylation sites (tertiary alicyclic amines) is 1. The summed E-state index contributed by atoms with van der Waals surface area (Å²) in [4.78, 5) is 63.8. The molecule has 0 bridgehead atoms. The Morgan fingerprint density at radius 1 is 0.600 bits per heavy atom. The van der Waals surface area contributed by atoms with Gasteiger partial charge in [0.2, 0.25) is 0 Å². The maximum Gasteiger partial charge on any atom is 0.408 e. The summed E-state index contributed by atoms with van der Waals surface area (Å²) in [6.07, 6.45) is 4.03. The Morgan fingerprint density at radius 3 is 1.40 bits per heavy atom. The van der Waals surface area contributed by atoms with Crippen LogP contribution in [-0.4, -0.2) is 96.8 Å². The molecule has 0 aromatic heterocycles. The van der Waals surface area contributed by atoms with E-state index in [0.717, 1.165) is 62.9 Å². The third kappa shape index (κ3) is 19.8. The van der Waals surface area contributed by atoms with Crippen LogP contribution in [0, 0.1) is 5.92 Å². The standard InChI is InChI=1S/C53H69N7O10/c1-52(2,3)67-50(63)56-44(35-38-15-9-7-10-16-38)48(61)69-58-46(54)40-20-24-42(25-21-40)65-33-13-19-37-28-31-60(32-29-37)30-14-34-66-43-26-22-41(23-27-43)47(55)59-70-49(62)45(36-39-17-11-8-12-18-39)57-51(64)68-53(4,5)6/h7-12,15-18,20-27,37,44-45H,13-14,19,28-36H2,1-6H3,(H2,54,58)(H2,55,59)(H,56,63)(H,57,64)/t44-,45+/m1/s1. The molecule has 0 unspecified atom stereocenters. The summed E-state index contributed by atoms with van der Waals surface area (Å²) < 4.78 is 22.7. The lowest BCUT2D eigenvalue weighted by molar-refractivity contribution is -0.146. The molecule has 1 aliphatic rings. The lowest BCUT2D eigenvalue weighted by atomic mass is 9.92. The maximum absolute atomic E-state index is 13.0. The van der Waals surface area contributed by atoms with Crippen LogP contribution in [0.25, 0.3) is 0 Å². The van der Waals surface area contributed by atoms with Gasteiger partial charge < -0.3 is 55.6 Å². The van der Waals surface area contributed by atoms with Gasteiger partial charge in [-0.05, 0) is 152 Å². The molecule has 1 fully saturated rings. The van der Waals surface area contributed by atoms with E-state index < -0.39 is 47.4 Å². The zero-order valence-corrected chi connectivity index (χ0v) is 41.2. The van der Waals surface area contributed by atoms with Crippen molar-refractivity contribution < 1.29 is 47.8 Å². The maximum atomic E-state index is 13.0. The van der Waals surface area contributed by atoms with Gasteiger partial charge in [-0.15, -0.1) is 0 Å². The minimum Gasteiger partial charge on any atom is -0.494 e. The number of alkyl carbamates (subject to hydrolysis) is 2. The number of nitrogens with one attached hydrogen (secondary N) is 2. The van der Waals surface area contributed by atoms with E-state index in [4.69, 9.17) is 40.1 Å². The molecule has 70 heavy (non-hydrogen) atoms. The van der Waals surface area contributed by atoms with Crippen LogP contribution < -0.4 is 31.6 Å². The van der Waals surface area contributed by atoms with Crippen LogP contribution in [0.2, 0.25) is 0 Å². The molecular formula is C53H69N7O10. The Labute approximate surface area is 411 Å². The van der Waals surface area contributed by atoms with Crippen molar-refractivity contribution in [3.63, 3.8) is 0 Å². The van der Waals surface area contributed by atoms with Gasteiger partial charge in [0.05, 0.1) is 13.2 Å². The van der Waals surface area contributed by atoms with Crippen molar-refractivity contribution in [2.45, 2.75) is 110 Å². The molecular weight excluding hydrogens is 895 g/mol. The van der Waals surface area contributed by atoms with Gasteiger partial charge in [-0.2, -0.15) is 0 Å². The molecule has 2 atom stereocenters. The number of hydrogen-bond donors (Lipinski definition) is 4. The average Bonchev–Trinajstić information content (AvgIpc) is 3.32. The molecule has 4 aromatic rings. The van der Waals surface area contributed by atoms with Crippen molar-refractivity contribution in [1.82, 2.24) is 15.5 Å². The number of nitrogens with zero attached hydrogens (tertiary/aromatic N) is 3. The van der Waals surface area contributed by atoms with Crippen LogP contribution in [0.15, 0.2) is 120 Å². The van der Waals surface area contributed by atoms with E-state index in [1.165, 1.54) is 0 Å². The SMILES string of the molecule is CC(C)(C)OC(=O)N[C@@H](Cc1ccccc1)C(=O)ON=C(N)c1ccc(OCCCN2CCC(CCCOc3ccc(C(N)=NOC(=O)[C@@H](Cc4ccccc4)NC(=O)OC(C)(C)C)cc3)CC2)cc1. The number of carbonyl (C=O) groups excluding carboxylic acids is 4. The van der Waals surface area contributed by atoms with Crippen molar-refractivity contribution in [2.75, 3.05) is 32.8 Å². The summed E-state index contributed by atoms with van der Waals surface area (Å²) in [5.41, 5.74) is 13.5. The lowest BCUT2D eigenvalue weighted by Crippen LogP contribution is -2.45. The van der Waals surface area contributed by atoms with Crippen LogP contribution >= 0.6 is 0 Å². The summed E-state index contributed by atoms with van der Waals surface area (Å²) in [6, 6.07) is 30.5. The van der Waals surface area contributed by atoms with Crippen LogP contribution in [0.4, 0.5) is 9.59 Å². The molecule has 17 nitrogen and oxygen atoms in total. The fourth-order valence-electron chi connectivity index (χ4n) is 7.39. The smallest absolute Gasteiger partial charge is 0.408 e. The first-order valence-electron chi connectivity index (χ1n) is 23.7. The molecule has 5 rings (SSSR count). The second-order valence-corrected chi connectivity index (χ2v) is 19.1. The number of nitrogens with two attached hydrogens (primary N) is 2. The molecule has 1 aliphatic heterocycles. The Kier molecular flexibility index (Phi) is 20.4. The van der Waals surface area contributed by atoms with Gasteiger partial charge in [-0.3, -0.25) is 0 Å². The number of amides is 2. The number of oxime groups is 2. The number of piperidine rings is 1. The molecule has 1 heterocycles. The first-order valence-corrected chi connectivity index (χ1v) is 23.7. The minimum atomic E-state index is -1.05. The number of amidine groups is 2. The van der Waals surface area contributed by atoms with Gasteiger partial charge in [0, 0.05) is 30.5 Å². The summed E-state index contributed by atoms with van der Waals surface area (Å²) in [5.74, 6) is 0.462. The van der Waals surface area contributed by atoms with Gasteiger partial charge in [-0.25, -0.2) is 19.2 Å². The fraction of sp³-hybridized carbons (Fsp3) is 0.434. The quantitative estimate of drug-likeness (QED) is 0.0196. The van der Waals surface area contributed by atoms with E-state index in [1.807, 2.05) is 60.7 Å². The molecule has 17 heteroatoms. The molecule has 4 aromatic carbocycles. The number of benzene rings is 4. The molecule has 1 saturated heterocycles. The highest BCUT2D eigenvalue weighted by Gasteiger charge is 2.28. The third-order valence-electron chi connectivity index (χ3n) is 10.9. The Balaban J connectivity index is 0.953. The van der Waals surface area contributed by atoms with E-state index in [-0.39, 0.29) is 24.5 Å². The van der Waals surface area contributed by atoms with E-state index in [1.54, 1.807) is 90.1 Å². The summed E-state index contributed by atoms with van der Waals surface area (Å²) in [6.45, 7) is 14.6. The van der Waals surface area contributed by atoms with E-state index >= 15 is 0 Å². The van der Waals surface area contributed by atoms with Gasteiger partial charge in [0.1, 0.15) is 34.8 Å². The van der Waals surface area contributed by atoms with Crippen LogP contribution in [0.1, 0.15) is 95.9 Å². The molecule has 376 valence electrons. The summed E-state index contributed by atoms with van der Waals surface area (Å²) in [5, 5.41) is 12.9. The van der Waals surface area contributed by atoms with E-state index in [0.29, 0.717) is 41.8 Å². The van der Waals surface area contributed by atoms with Gasteiger partial charge in [0.15, 0.2) is 11.7 Å². The van der Waals surface area contributed by atoms with Crippen molar-refractivity contribution >= 4 is 35.8 Å². The largest absolute Gasteiger partial charge is 0.494 e. The Morgan fingerprint density at radius 2 is 1.00 bits per heavy atom. The first kappa shape index (κ1) is 53.8. The predicted octanol–water partition coefficient (Wildman–Crippen LogP) is 7.63. The average molecular weight is 964 g/mol. The third-order valence-corrected chi connectivity index (χ3v) is 10.9. The lowest BCUT2D eigenvalue weighted by Gasteiger charge is -2.32. The number of ether oxygens (including phenoxy) is 4. The fourth-order valence-corrected chi connectivity index (χ4v) is 7.39. The number of carbonyl (C=O) groups is 4. The monoisotopic (exact) mass is 964 g/mol. The van der Waals surface area contributed by atoms with Crippen LogP contribution in [0.5, 0.6) is 11.5 Å².